The van der Waals surface area contributed by atoms with E-state index in [0.29, 0.717) is 12.8 Å². The molecule has 0 bridgehead atoms. The van der Waals surface area contributed by atoms with Crippen molar-refractivity contribution >= 4 is 5.91 Å². The van der Waals surface area contributed by atoms with Gasteiger partial charge in [-0.15, -0.1) is 0 Å². The maximum absolute atomic E-state index is 11.9. The molecule has 0 saturated carbocycles. The molecule has 0 unspecified atom stereocenters. The minimum absolute atomic E-state index is 0.222. The van der Waals surface area contributed by atoms with Gasteiger partial charge < -0.3 is 4.90 Å². The molecule has 5 nitrogen and oxygen atoms in total. The molecule has 1 aromatic heterocycles. The molecule has 0 aromatic carbocycles. The summed E-state index contributed by atoms with van der Waals surface area (Å²) in [6, 6.07) is 0. The summed E-state index contributed by atoms with van der Waals surface area (Å²) in [7, 11) is 3.26. The molecule has 1 heterocycles. The zero-order valence-electron chi connectivity index (χ0n) is 10.1. The van der Waals surface area contributed by atoms with E-state index in [9.17, 15) is 9.59 Å². The van der Waals surface area contributed by atoms with Crippen LogP contribution in [0.25, 0.3) is 0 Å². The van der Waals surface area contributed by atoms with Crippen molar-refractivity contribution in [3.05, 3.63) is 27.2 Å². The van der Waals surface area contributed by atoms with Gasteiger partial charge in [-0.1, -0.05) is 13.8 Å². The second-order valence-corrected chi connectivity index (χ2v) is 3.76. The zero-order valence-corrected chi connectivity index (χ0v) is 10.1. The fourth-order valence-corrected chi connectivity index (χ4v) is 1.65. The highest BCUT2D eigenvalue weighted by Crippen LogP contribution is 2.11. The lowest BCUT2D eigenvalue weighted by Crippen LogP contribution is -2.31. The first kappa shape index (κ1) is 12.4. The monoisotopic (exact) mass is 223 g/mol. The summed E-state index contributed by atoms with van der Waals surface area (Å²) >= 11 is 0. The molecule has 1 amide bonds. The fourth-order valence-electron chi connectivity index (χ4n) is 1.65. The van der Waals surface area contributed by atoms with E-state index < -0.39 is 5.56 Å². The van der Waals surface area contributed by atoms with E-state index in [1.165, 1.54) is 4.90 Å². The van der Waals surface area contributed by atoms with Crippen molar-refractivity contribution in [2.75, 3.05) is 14.1 Å². The Labute approximate surface area is 94.5 Å². The maximum Gasteiger partial charge on any atom is 0.277 e. The summed E-state index contributed by atoms with van der Waals surface area (Å²) in [5.41, 5.74) is 1.35. The van der Waals surface area contributed by atoms with Crippen LogP contribution in [-0.4, -0.2) is 35.1 Å². The fraction of sp³-hybridized carbons (Fsp3) is 0.545. The van der Waals surface area contributed by atoms with Crippen LogP contribution in [0.15, 0.2) is 4.79 Å². The lowest BCUT2D eigenvalue weighted by atomic mass is 10.0. The third-order valence-electron chi connectivity index (χ3n) is 2.48. The highest BCUT2D eigenvalue weighted by Gasteiger charge is 2.19. The molecule has 1 rings (SSSR count). The summed E-state index contributed by atoms with van der Waals surface area (Å²) in [4.78, 5) is 24.9. The molecule has 0 atom stereocenters. The molecule has 0 saturated heterocycles. The van der Waals surface area contributed by atoms with Crippen molar-refractivity contribution in [2.45, 2.75) is 26.7 Å². The number of nitrogens with zero attached hydrogens (tertiary/aromatic N) is 2. The molecule has 88 valence electrons. The van der Waals surface area contributed by atoms with Gasteiger partial charge in [-0.2, -0.15) is 5.10 Å². The Morgan fingerprint density at radius 2 is 1.94 bits per heavy atom. The first-order valence-corrected chi connectivity index (χ1v) is 5.34. The molecule has 0 radical (unpaired) electrons. The van der Waals surface area contributed by atoms with Crippen LogP contribution in [0, 0.1) is 0 Å². The smallest absolute Gasteiger partial charge is 0.277 e. The molecule has 0 spiro atoms. The van der Waals surface area contributed by atoms with Gasteiger partial charge in [-0.25, -0.2) is 5.10 Å². The minimum atomic E-state index is -0.409. The van der Waals surface area contributed by atoms with Gasteiger partial charge in [-0.05, 0) is 18.4 Å². The van der Waals surface area contributed by atoms with Gasteiger partial charge in [0.05, 0.1) is 5.69 Å². The van der Waals surface area contributed by atoms with Crippen LogP contribution in [0.5, 0.6) is 0 Å². The Kier molecular flexibility index (Phi) is 3.82. The van der Waals surface area contributed by atoms with Crippen molar-refractivity contribution in [2.24, 2.45) is 0 Å². The maximum atomic E-state index is 11.9. The van der Waals surface area contributed by atoms with Crippen molar-refractivity contribution < 1.29 is 4.79 Å². The van der Waals surface area contributed by atoms with Gasteiger partial charge >= 0.3 is 0 Å². The van der Waals surface area contributed by atoms with Crippen LogP contribution < -0.4 is 5.56 Å². The zero-order chi connectivity index (χ0) is 12.3. The van der Waals surface area contributed by atoms with E-state index >= 15 is 0 Å². The van der Waals surface area contributed by atoms with Gasteiger partial charge in [0.2, 0.25) is 0 Å². The summed E-state index contributed by atoms with van der Waals surface area (Å²) in [6.45, 7) is 3.87. The Hall–Kier alpha value is -1.65. The third-order valence-corrected chi connectivity index (χ3v) is 2.48. The Morgan fingerprint density at radius 1 is 1.31 bits per heavy atom. The quantitative estimate of drug-likeness (QED) is 0.815. The highest BCUT2D eigenvalue weighted by molar-refractivity contribution is 5.95. The molecule has 16 heavy (non-hydrogen) atoms. The molecule has 1 N–H and O–H groups in total. The molecule has 0 aliphatic rings. The van der Waals surface area contributed by atoms with E-state index in [1.807, 2.05) is 13.8 Å². The van der Waals surface area contributed by atoms with Gasteiger partial charge in [0.1, 0.15) is 5.56 Å². The summed E-state index contributed by atoms with van der Waals surface area (Å²) < 4.78 is 0. The molecule has 5 heteroatoms. The topological polar surface area (TPSA) is 66.1 Å². The van der Waals surface area contributed by atoms with Gasteiger partial charge in [-0.3, -0.25) is 9.59 Å². The first-order valence-electron chi connectivity index (χ1n) is 5.34. The Morgan fingerprint density at radius 3 is 2.38 bits per heavy atom. The lowest BCUT2D eigenvalue weighted by Gasteiger charge is -2.14. The van der Waals surface area contributed by atoms with Crippen LogP contribution in [0.4, 0.5) is 0 Å². The number of carbonyl (C=O) groups is 1. The first-order chi connectivity index (χ1) is 7.52. The van der Waals surface area contributed by atoms with Crippen LogP contribution in [-0.2, 0) is 12.8 Å². The van der Waals surface area contributed by atoms with Crippen molar-refractivity contribution in [1.29, 1.82) is 0 Å². The van der Waals surface area contributed by atoms with Crippen molar-refractivity contribution in [3.63, 3.8) is 0 Å². The highest BCUT2D eigenvalue weighted by atomic mass is 16.2. The van der Waals surface area contributed by atoms with Crippen LogP contribution in [0.2, 0.25) is 0 Å². The molecular weight excluding hydrogens is 206 g/mol. The number of carbonyl (C=O) groups excluding carboxylic acids is 1. The van der Waals surface area contributed by atoms with E-state index in [4.69, 9.17) is 0 Å². The second kappa shape index (κ2) is 4.92. The van der Waals surface area contributed by atoms with E-state index in [1.54, 1.807) is 14.1 Å². The predicted octanol–water partition coefficient (Wildman–Crippen LogP) is 0.596. The number of rotatable bonds is 3. The van der Waals surface area contributed by atoms with Gasteiger partial charge in [0.15, 0.2) is 0 Å². The number of nitrogens with one attached hydrogen (secondary N) is 1. The largest absolute Gasteiger partial charge is 0.345 e. The molecule has 1 aromatic rings. The van der Waals surface area contributed by atoms with Crippen molar-refractivity contribution in [3.8, 4) is 0 Å². The summed E-state index contributed by atoms with van der Waals surface area (Å²) in [5.74, 6) is -0.268. The Bertz CT molecular complexity index is 449. The van der Waals surface area contributed by atoms with Gasteiger partial charge in [0, 0.05) is 14.1 Å². The molecular formula is C11H17N3O2. The van der Waals surface area contributed by atoms with Crippen LogP contribution in [0.3, 0.4) is 0 Å². The Balaban J connectivity index is 3.46. The number of aryl methyl sites for hydroxylation is 1. The average molecular weight is 223 g/mol. The number of aromatic amines is 1. The third kappa shape index (κ3) is 2.13. The molecule has 0 fully saturated rings. The lowest BCUT2D eigenvalue weighted by molar-refractivity contribution is 0.0824. The number of amides is 1. The van der Waals surface area contributed by atoms with E-state index in [0.717, 1.165) is 11.3 Å². The number of hydrogen-bond donors (Lipinski definition) is 1. The second-order valence-electron chi connectivity index (χ2n) is 3.76. The van der Waals surface area contributed by atoms with Crippen molar-refractivity contribution in [1.82, 2.24) is 15.1 Å². The minimum Gasteiger partial charge on any atom is -0.345 e. The average Bonchev–Trinajstić information content (AvgIpc) is 2.27. The van der Waals surface area contributed by atoms with Gasteiger partial charge in [0.25, 0.3) is 11.5 Å². The normalized spacial score (nSPS) is 10.2. The van der Waals surface area contributed by atoms with Crippen LogP contribution in [0.1, 0.15) is 35.5 Å². The molecule has 0 aliphatic carbocycles. The summed E-state index contributed by atoms with van der Waals surface area (Å²) in [5, 5.41) is 6.34. The number of H-pyrrole nitrogens is 1. The predicted molar refractivity (Wildman–Crippen MR) is 61.6 cm³/mol. The van der Waals surface area contributed by atoms with E-state index in [2.05, 4.69) is 10.2 Å². The number of aromatic nitrogens is 2. The number of hydrogen-bond acceptors (Lipinski definition) is 3. The standard InChI is InChI=1S/C11H17N3O2/c1-5-7-8(6-2)12-13-10(15)9(7)11(16)14(3)4/h5-6H2,1-4H3,(H,13,15). The van der Waals surface area contributed by atoms with Crippen LogP contribution >= 0.6 is 0 Å². The molecule has 0 aliphatic heterocycles. The SMILES string of the molecule is CCc1n[nH]c(=O)c(C(=O)N(C)C)c1CC. The van der Waals surface area contributed by atoms with E-state index in [-0.39, 0.29) is 11.5 Å². The summed E-state index contributed by atoms with van der Waals surface area (Å²) in [6.07, 6.45) is 1.34.